The highest BCUT2D eigenvalue weighted by Gasteiger charge is 2.20. The molecular formula is C24H18N6O3. The van der Waals surface area contributed by atoms with Crippen LogP contribution in [0.4, 0.5) is 5.69 Å². The lowest BCUT2D eigenvalue weighted by Gasteiger charge is -2.19. The highest BCUT2D eigenvalue weighted by Crippen LogP contribution is 2.25. The molecule has 5 rings (SSSR count). The van der Waals surface area contributed by atoms with Gasteiger partial charge < -0.3 is 10.3 Å². The first-order valence-corrected chi connectivity index (χ1v) is 10.2. The van der Waals surface area contributed by atoms with E-state index in [-0.39, 0.29) is 17.3 Å². The van der Waals surface area contributed by atoms with Gasteiger partial charge in [0.15, 0.2) is 5.69 Å². The fraction of sp³-hybridized carbons (Fsp3) is 0.0417. The third-order valence-corrected chi connectivity index (χ3v) is 5.31. The van der Waals surface area contributed by atoms with Gasteiger partial charge in [-0.1, -0.05) is 42.5 Å². The van der Waals surface area contributed by atoms with Gasteiger partial charge in [-0.05, 0) is 35.4 Å². The van der Waals surface area contributed by atoms with Crippen LogP contribution in [-0.2, 0) is 0 Å². The third-order valence-electron chi connectivity index (χ3n) is 5.31. The zero-order chi connectivity index (χ0) is 22.8. The predicted molar refractivity (Wildman–Crippen MR) is 122 cm³/mol. The highest BCUT2D eigenvalue weighted by atomic mass is 16.6. The van der Waals surface area contributed by atoms with E-state index in [1.807, 2.05) is 48.5 Å². The van der Waals surface area contributed by atoms with E-state index >= 15 is 0 Å². The average molecular weight is 438 g/mol. The van der Waals surface area contributed by atoms with Gasteiger partial charge in [-0.3, -0.25) is 14.9 Å². The molecule has 162 valence electrons. The van der Waals surface area contributed by atoms with Gasteiger partial charge >= 0.3 is 0 Å². The molecule has 0 bridgehead atoms. The topological polar surface area (TPSA) is 119 Å². The molecule has 0 aliphatic rings. The lowest BCUT2D eigenvalue weighted by molar-refractivity contribution is -0.384. The van der Waals surface area contributed by atoms with Crippen molar-refractivity contribution in [3.63, 3.8) is 0 Å². The lowest BCUT2D eigenvalue weighted by atomic mass is 9.98. The molecule has 0 aliphatic carbocycles. The monoisotopic (exact) mass is 438 g/mol. The molecule has 0 saturated heterocycles. The lowest BCUT2D eigenvalue weighted by Crippen LogP contribution is -2.29. The van der Waals surface area contributed by atoms with Gasteiger partial charge in [0.2, 0.25) is 0 Å². The molecule has 1 atom stereocenters. The Morgan fingerprint density at radius 2 is 1.85 bits per heavy atom. The molecule has 2 aromatic heterocycles. The van der Waals surface area contributed by atoms with Crippen LogP contribution in [0.3, 0.4) is 0 Å². The van der Waals surface area contributed by atoms with E-state index in [0.717, 1.165) is 22.2 Å². The van der Waals surface area contributed by atoms with Gasteiger partial charge in [0.05, 0.1) is 34.0 Å². The van der Waals surface area contributed by atoms with Crippen LogP contribution in [0.1, 0.15) is 27.7 Å². The zero-order valence-corrected chi connectivity index (χ0v) is 17.3. The molecule has 0 aliphatic heterocycles. The number of hydrogen-bond donors (Lipinski definition) is 2. The number of nitrogens with one attached hydrogen (secondary N) is 2. The summed E-state index contributed by atoms with van der Waals surface area (Å²) in [5.41, 5.74) is 4.17. The van der Waals surface area contributed by atoms with Gasteiger partial charge in [-0.25, -0.2) is 9.67 Å². The molecule has 3 aromatic carbocycles. The Kier molecular flexibility index (Phi) is 5.12. The van der Waals surface area contributed by atoms with Crippen molar-refractivity contribution in [2.45, 2.75) is 6.04 Å². The van der Waals surface area contributed by atoms with Crippen LogP contribution in [0.25, 0.3) is 16.7 Å². The minimum absolute atomic E-state index is 0.0488. The maximum Gasteiger partial charge on any atom is 0.272 e. The molecule has 0 fully saturated rings. The Labute approximate surface area is 187 Å². The molecular weight excluding hydrogens is 420 g/mol. The fourth-order valence-corrected chi connectivity index (χ4v) is 3.68. The van der Waals surface area contributed by atoms with Crippen LogP contribution >= 0.6 is 0 Å². The Hall–Kier alpha value is -4.79. The normalized spacial score (nSPS) is 11.9. The molecule has 0 radical (unpaired) electrons. The summed E-state index contributed by atoms with van der Waals surface area (Å²) in [7, 11) is 0. The minimum atomic E-state index is -0.471. The van der Waals surface area contributed by atoms with E-state index in [9.17, 15) is 14.9 Å². The largest absolute Gasteiger partial charge is 0.345 e. The Balaban J connectivity index is 1.45. The Morgan fingerprint density at radius 1 is 1.00 bits per heavy atom. The van der Waals surface area contributed by atoms with Crippen molar-refractivity contribution in [2.75, 3.05) is 0 Å². The van der Waals surface area contributed by atoms with Crippen LogP contribution < -0.4 is 5.32 Å². The van der Waals surface area contributed by atoms with Crippen molar-refractivity contribution >= 4 is 22.6 Å². The molecule has 5 aromatic rings. The molecule has 9 heteroatoms. The molecule has 1 amide bonds. The standard InChI is InChI=1S/C24H18N6O3/c31-24(21-11-12-29(28-21)18-7-4-8-19(14-18)30(32)33)27-23(16-5-2-1-3-6-16)17-9-10-20-22(13-17)26-15-25-20/h1-15,23H,(H,25,26)(H,27,31). The number of nitro groups is 1. The Bertz CT molecular complexity index is 1460. The number of aromatic amines is 1. The maximum absolute atomic E-state index is 13.1. The first-order valence-electron chi connectivity index (χ1n) is 10.2. The van der Waals surface area contributed by atoms with Gasteiger partial charge in [0, 0.05) is 18.3 Å². The van der Waals surface area contributed by atoms with Crippen LogP contribution in [0.5, 0.6) is 0 Å². The summed E-state index contributed by atoms with van der Waals surface area (Å²) in [5, 5.41) is 18.4. The number of aromatic nitrogens is 4. The maximum atomic E-state index is 13.1. The summed E-state index contributed by atoms with van der Waals surface area (Å²) < 4.78 is 1.44. The number of nitro benzene ring substituents is 1. The molecule has 33 heavy (non-hydrogen) atoms. The number of carbonyl (C=O) groups is 1. The van der Waals surface area contributed by atoms with E-state index in [4.69, 9.17) is 0 Å². The van der Waals surface area contributed by atoms with Crippen LogP contribution in [0.2, 0.25) is 0 Å². The highest BCUT2D eigenvalue weighted by molar-refractivity contribution is 5.93. The van der Waals surface area contributed by atoms with Crippen molar-refractivity contribution in [3.05, 3.63) is 118 Å². The SMILES string of the molecule is O=C(NC(c1ccccc1)c1ccc2nc[nH]c2c1)c1ccn(-c2cccc([N+](=O)[O-])c2)n1. The van der Waals surface area contributed by atoms with E-state index in [2.05, 4.69) is 20.4 Å². The summed E-state index contributed by atoms with van der Waals surface area (Å²) >= 11 is 0. The van der Waals surface area contributed by atoms with Gasteiger partial charge in [-0.15, -0.1) is 0 Å². The first kappa shape index (κ1) is 20.1. The molecule has 9 nitrogen and oxygen atoms in total. The summed E-state index contributed by atoms with van der Waals surface area (Å²) in [6.45, 7) is 0. The number of imidazole rings is 1. The second-order valence-corrected chi connectivity index (χ2v) is 7.42. The molecule has 2 N–H and O–H groups in total. The molecule has 2 heterocycles. The van der Waals surface area contributed by atoms with Crippen molar-refractivity contribution in [1.82, 2.24) is 25.1 Å². The second-order valence-electron chi connectivity index (χ2n) is 7.42. The summed E-state index contributed by atoms with van der Waals surface area (Å²) in [4.78, 5) is 31.1. The van der Waals surface area contributed by atoms with E-state index in [1.54, 1.807) is 30.7 Å². The third kappa shape index (κ3) is 4.07. The van der Waals surface area contributed by atoms with E-state index in [1.165, 1.54) is 16.8 Å². The summed E-state index contributed by atoms with van der Waals surface area (Å²) in [6.07, 6.45) is 3.23. The number of non-ortho nitro benzene ring substituents is 1. The van der Waals surface area contributed by atoms with E-state index in [0.29, 0.717) is 5.69 Å². The van der Waals surface area contributed by atoms with Crippen molar-refractivity contribution < 1.29 is 9.72 Å². The van der Waals surface area contributed by atoms with Crippen LogP contribution in [0, 0.1) is 10.1 Å². The smallest absolute Gasteiger partial charge is 0.272 e. The number of amides is 1. The van der Waals surface area contributed by atoms with E-state index < -0.39 is 11.0 Å². The first-order chi connectivity index (χ1) is 16.1. The number of nitrogens with zero attached hydrogens (tertiary/aromatic N) is 4. The average Bonchev–Trinajstić information content (AvgIpc) is 3.52. The van der Waals surface area contributed by atoms with Crippen molar-refractivity contribution in [3.8, 4) is 5.69 Å². The quantitative estimate of drug-likeness (QED) is 0.305. The van der Waals surface area contributed by atoms with Crippen molar-refractivity contribution in [2.24, 2.45) is 0 Å². The van der Waals surface area contributed by atoms with Gasteiger partial charge in [0.25, 0.3) is 11.6 Å². The predicted octanol–water partition coefficient (Wildman–Crippen LogP) is 4.18. The van der Waals surface area contributed by atoms with Crippen LogP contribution in [0.15, 0.2) is 91.4 Å². The number of H-pyrrole nitrogens is 1. The summed E-state index contributed by atoms with van der Waals surface area (Å²) in [5.74, 6) is -0.363. The second kappa shape index (κ2) is 8.39. The number of rotatable bonds is 6. The number of benzene rings is 3. The van der Waals surface area contributed by atoms with Gasteiger partial charge in [-0.2, -0.15) is 5.10 Å². The summed E-state index contributed by atoms with van der Waals surface area (Å²) in [6, 6.07) is 22.7. The molecule has 1 unspecified atom stereocenters. The minimum Gasteiger partial charge on any atom is -0.345 e. The number of fused-ring (bicyclic) bond motifs is 1. The van der Waals surface area contributed by atoms with Crippen molar-refractivity contribution in [1.29, 1.82) is 0 Å². The molecule has 0 spiro atoms. The Morgan fingerprint density at radius 3 is 2.67 bits per heavy atom. The number of hydrogen-bond acceptors (Lipinski definition) is 5. The van der Waals surface area contributed by atoms with Gasteiger partial charge in [0.1, 0.15) is 0 Å². The van der Waals surface area contributed by atoms with Crippen LogP contribution in [-0.4, -0.2) is 30.6 Å². The molecule has 0 saturated carbocycles. The fourth-order valence-electron chi connectivity index (χ4n) is 3.68. The zero-order valence-electron chi connectivity index (χ0n) is 17.3. The number of carbonyl (C=O) groups excluding carboxylic acids is 1.